The van der Waals surface area contributed by atoms with Gasteiger partial charge in [-0.1, -0.05) is 23.7 Å². The van der Waals surface area contributed by atoms with E-state index in [1.165, 1.54) is 4.31 Å². The summed E-state index contributed by atoms with van der Waals surface area (Å²) in [4.78, 5) is 12.2. The zero-order chi connectivity index (χ0) is 20.1. The van der Waals surface area contributed by atoms with Gasteiger partial charge in [-0.3, -0.25) is 9.10 Å². The molecule has 2 aromatic rings. The molecule has 0 radical (unpaired) electrons. The quantitative estimate of drug-likeness (QED) is 0.719. The van der Waals surface area contributed by atoms with Crippen LogP contribution in [0.5, 0.6) is 0 Å². The van der Waals surface area contributed by atoms with E-state index in [4.69, 9.17) is 11.6 Å². The van der Waals surface area contributed by atoms with Crippen molar-refractivity contribution in [2.45, 2.75) is 32.2 Å². The second-order valence-corrected chi connectivity index (χ2v) is 9.11. The molecule has 8 heteroatoms. The minimum absolute atomic E-state index is 0.176. The monoisotopic (exact) mass is 419 g/mol. The number of halogens is 1. The predicted octanol–water partition coefficient (Wildman–Crippen LogP) is 3.97. The lowest BCUT2D eigenvalue weighted by atomic mass is 10.2. The third-order valence-corrected chi connectivity index (χ3v) is 5.95. The van der Waals surface area contributed by atoms with E-state index in [2.05, 4.69) is 10.5 Å². The number of amides is 1. The largest absolute Gasteiger partial charge is 0.271 e. The maximum absolute atomic E-state index is 12.3. The third-order valence-electron chi connectivity index (χ3n) is 4.55. The molecular weight excluding hydrogens is 398 g/mol. The first-order valence-electron chi connectivity index (χ1n) is 9.01. The summed E-state index contributed by atoms with van der Waals surface area (Å²) in [7, 11) is -3.50. The first kappa shape index (κ1) is 20.4. The van der Waals surface area contributed by atoms with E-state index < -0.39 is 10.0 Å². The van der Waals surface area contributed by atoms with Gasteiger partial charge in [-0.05, 0) is 67.6 Å². The van der Waals surface area contributed by atoms with E-state index in [1.807, 2.05) is 0 Å². The highest BCUT2D eigenvalue weighted by molar-refractivity contribution is 7.92. The minimum Gasteiger partial charge on any atom is -0.267 e. The second kappa shape index (κ2) is 8.75. The highest BCUT2D eigenvalue weighted by Gasteiger charge is 2.18. The van der Waals surface area contributed by atoms with Crippen LogP contribution in [0.25, 0.3) is 0 Å². The van der Waals surface area contributed by atoms with Crippen LogP contribution in [0.4, 0.5) is 5.69 Å². The molecule has 3 rings (SSSR count). The van der Waals surface area contributed by atoms with Crippen molar-refractivity contribution >= 4 is 38.9 Å². The summed E-state index contributed by atoms with van der Waals surface area (Å²) in [6.45, 7) is 0.176. The van der Waals surface area contributed by atoms with Gasteiger partial charge in [0.1, 0.15) is 0 Å². The summed E-state index contributed by atoms with van der Waals surface area (Å²) in [5.74, 6) is -0.311. The molecule has 28 heavy (non-hydrogen) atoms. The fraction of sp³-hybridized carbons (Fsp3) is 0.300. The van der Waals surface area contributed by atoms with Gasteiger partial charge in [-0.25, -0.2) is 13.8 Å². The lowest BCUT2D eigenvalue weighted by Gasteiger charge is -2.22. The van der Waals surface area contributed by atoms with Crippen LogP contribution >= 0.6 is 11.6 Å². The Bertz CT molecular complexity index is 963. The third kappa shape index (κ3) is 5.33. The number of hydrogen-bond donors (Lipinski definition) is 1. The smallest absolute Gasteiger partial charge is 0.267 e. The first-order valence-corrected chi connectivity index (χ1v) is 11.2. The number of hydrogen-bond acceptors (Lipinski definition) is 4. The number of hydrazone groups is 1. The van der Waals surface area contributed by atoms with Gasteiger partial charge in [0.15, 0.2) is 0 Å². The summed E-state index contributed by atoms with van der Waals surface area (Å²) in [6.07, 6.45) is 5.22. The molecule has 1 amide bonds. The molecule has 0 aliphatic heterocycles. The number of carbonyl (C=O) groups excluding carboxylic acids is 1. The van der Waals surface area contributed by atoms with Crippen molar-refractivity contribution in [2.75, 3.05) is 10.6 Å². The fourth-order valence-corrected chi connectivity index (χ4v) is 4.04. The molecule has 0 bridgehead atoms. The zero-order valence-electron chi connectivity index (χ0n) is 15.6. The van der Waals surface area contributed by atoms with Gasteiger partial charge in [0.2, 0.25) is 10.0 Å². The molecule has 0 spiro atoms. The molecule has 1 aliphatic carbocycles. The molecule has 6 nitrogen and oxygen atoms in total. The van der Waals surface area contributed by atoms with Crippen molar-refractivity contribution in [2.24, 2.45) is 5.10 Å². The van der Waals surface area contributed by atoms with Crippen LogP contribution in [0.1, 0.15) is 41.6 Å². The number of rotatable bonds is 6. The molecule has 0 unspecified atom stereocenters. The van der Waals surface area contributed by atoms with Crippen molar-refractivity contribution in [3.8, 4) is 0 Å². The van der Waals surface area contributed by atoms with Crippen LogP contribution in [0.2, 0.25) is 5.02 Å². The number of benzene rings is 2. The Morgan fingerprint density at radius 3 is 2.25 bits per heavy atom. The van der Waals surface area contributed by atoms with Crippen LogP contribution < -0.4 is 9.73 Å². The number of nitrogens with zero attached hydrogens (tertiary/aromatic N) is 2. The van der Waals surface area contributed by atoms with E-state index in [0.717, 1.165) is 43.2 Å². The van der Waals surface area contributed by atoms with E-state index in [1.54, 1.807) is 48.5 Å². The molecule has 0 heterocycles. The van der Waals surface area contributed by atoms with Crippen molar-refractivity contribution < 1.29 is 13.2 Å². The molecule has 1 N–H and O–H groups in total. The number of nitrogens with one attached hydrogen (secondary N) is 1. The van der Waals surface area contributed by atoms with Gasteiger partial charge < -0.3 is 0 Å². The molecule has 148 valence electrons. The summed E-state index contributed by atoms with van der Waals surface area (Å²) < 4.78 is 25.8. The summed E-state index contributed by atoms with van der Waals surface area (Å²) in [5.41, 5.74) is 5.29. The lowest BCUT2D eigenvalue weighted by molar-refractivity contribution is 0.0954. The molecule has 0 aromatic heterocycles. The van der Waals surface area contributed by atoms with E-state index in [0.29, 0.717) is 16.3 Å². The maximum atomic E-state index is 12.3. The number of carbonyl (C=O) groups is 1. The molecule has 1 saturated carbocycles. The van der Waals surface area contributed by atoms with Crippen LogP contribution in [-0.2, 0) is 16.6 Å². The Morgan fingerprint density at radius 1 is 1.07 bits per heavy atom. The molecule has 0 atom stereocenters. The summed E-state index contributed by atoms with van der Waals surface area (Å²) in [5, 5.41) is 4.75. The fourth-order valence-electron chi connectivity index (χ4n) is 3.02. The first-order chi connectivity index (χ1) is 13.3. The van der Waals surface area contributed by atoms with Gasteiger partial charge in [-0.2, -0.15) is 5.10 Å². The van der Waals surface area contributed by atoms with Crippen molar-refractivity contribution in [1.82, 2.24) is 5.43 Å². The Hall–Kier alpha value is -2.38. The second-order valence-electron chi connectivity index (χ2n) is 6.77. The normalized spacial score (nSPS) is 14.0. The number of anilines is 1. The molecule has 2 aromatic carbocycles. The van der Waals surface area contributed by atoms with Crippen LogP contribution in [0.15, 0.2) is 53.6 Å². The summed E-state index contributed by atoms with van der Waals surface area (Å²) >= 11 is 5.89. The molecular formula is C20H22ClN3O3S. The van der Waals surface area contributed by atoms with Gasteiger partial charge in [-0.15, -0.1) is 0 Å². The minimum atomic E-state index is -3.50. The lowest BCUT2D eigenvalue weighted by Crippen LogP contribution is -2.29. The SMILES string of the molecule is CS(=O)(=O)N(Cc1ccc(Cl)cc1)c1ccc(C(=O)NN=C2CCCC2)cc1. The van der Waals surface area contributed by atoms with Gasteiger partial charge in [0.25, 0.3) is 5.91 Å². The Balaban J connectivity index is 1.75. The standard InChI is InChI=1S/C20H22ClN3O3S/c1-28(26,27)24(14-15-6-10-17(21)11-7-15)19-12-8-16(9-13-19)20(25)23-22-18-4-2-3-5-18/h6-13H,2-5,14H2,1H3,(H,23,25). The molecule has 0 saturated heterocycles. The average Bonchev–Trinajstić information content (AvgIpc) is 3.18. The van der Waals surface area contributed by atoms with Crippen molar-refractivity contribution in [3.63, 3.8) is 0 Å². The Kier molecular flexibility index (Phi) is 6.36. The Morgan fingerprint density at radius 2 is 1.68 bits per heavy atom. The van der Waals surface area contributed by atoms with Crippen molar-refractivity contribution in [3.05, 3.63) is 64.7 Å². The van der Waals surface area contributed by atoms with E-state index >= 15 is 0 Å². The highest BCUT2D eigenvalue weighted by atomic mass is 35.5. The van der Waals surface area contributed by atoms with Gasteiger partial charge in [0, 0.05) is 16.3 Å². The number of sulfonamides is 1. The summed E-state index contributed by atoms with van der Waals surface area (Å²) in [6, 6.07) is 13.4. The van der Waals surface area contributed by atoms with Gasteiger partial charge in [0.05, 0.1) is 18.5 Å². The zero-order valence-corrected chi connectivity index (χ0v) is 17.1. The van der Waals surface area contributed by atoms with E-state index in [-0.39, 0.29) is 12.5 Å². The topological polar surface area (TPSA) is 78.8 Å². The molecule has 1 fully saturated rings. The highest BCUT2D eigenvalue weighted by Crippen LogP contribution is 2.22. The van der Waals surface area contributed by atoms with Crippen LogP contribution in [-0.4, -0.2) is 26.3 Å². The van der Waals surface area contributed by atoms with Crippen molar-refractivity contribution in [1.29, 1.82) is 0 Å². The van der Waals surface area contributed by atoms with Gasteiger partial charge >= 0.3 is 0 Å². The molecule has 1 aliphatic rings. The van der Waals surface area contributed by atoms with Crippen LogP contribution in [0, 0.1) is 0 Å². The van der Waals surface area contributed by atoms with Crippen LogP contribution in [0.3, 0.4) is 0 Å². The predicted molar refractivity (Wildman–Crippen MR) is 112 cm³/mol. The van der Waals surface area contributed by atoms with E-state index in [9.17, 15) is 13.2 Å². The Labute approximate surface area is 170 Å². The maximum Gasteiger partial charge on any atom is 0.271 e. The average molecular weight is 420 g/mol.